The maximum Gasteiger partial charge on any atom is 0.196 e. The Balaban J connectivity index is 1.78. The molecule has 0 saturated carbocycles. The van der Waals surface area contributed by atoms with Crippen LogP contribution in [0, 0.1) is 0 Å². The fourth-order valence-corrected chi connectivity index (χ4v) is 3.78. The number of rotatable bonds is 8. The number of carbonyl (C=O) groups is 1. The fourth-order valence-electron chi connectivity index (χ4n) is 2.87. The van der Waals surface area contributed by atoms with Gasteiger partial charge in [0.1, 0.15) is 12.1 Å². The molecule has 0 N–H and O–H groups in total. The summed E-state index contributed by atoms with van der Waals surface area (Å²) in [5.41, 5.74) is 2.82. The van der Waals surface area contributed by atoms with E-state index in [0.717, 1.165) is 29.8 Å². The summed E-state index contributed by atoms with van der Waals surface area (Å²) in [7, 11) is 1.63. The van der Waals surface area contributed by atoms with E-state index in [1.54, 1.807) is 13.4 Å². The van der Waals surface area contributed by atoms with Crippen LogP contribution < -0.4 is 4.74 Å². The van der Waals surface area contributed by atoms with Gasteiger partial charge in [-0.05, 0) is 31.0 Å². The minimum atomic E-state index is -0.278. The van der Waals surface area contributed by atoms with Crippen molar-refractivity contribution >= 4 is 17.5 Å². The van der Waals surface area contributed by atoms with Gasteiger partial charge in [0.05, 0.1) is 18.0 Å². The molecule has 0 unspecified atom stereocenters. The molecule has 0 aliphatic rings. The van der Waals surface area contributed by atoms with Crippen molar-refractivity contribution in [3.63, 3.8) is 0 Å². The first-order valence-corrected chi connectivity index (χ1v) is 9.85. The van der Waals surface area contributed by atoms with Crippen molar-refractivity contribution in [2.24, 2.45) is 0 Å². The van der Waals surface area contributed by atoms with Crippen LogP contribution in [0.25, 0.3) is 5.69 Å². The number of carbonyl (C=O) groups excluding carboxylic acids is 1. The smallest absolute Gasteiger partial charge is 0.196 e. The number of para-hydroxylation sites is 2. The number of benzene rings is 2. The Morgan fingerprint density at radius 3 is 2.63 bits per heavy atom. The number of thioether (sulfide) groups is 1. The summed E-state index contributed by atoms with van der Waals surface area (Å²) in [6.07, 6.45) is 3.76. The molecule has 0 fully saturated rings. The van der Waals surface area contributed by atoms with Gasteiger partial charge in [-0.25, -0.2) is 0 Å². The summed E-state index contributed by atoms with van der Waals surface area (Å²) in [5, 5.41) is 8.58. The van der Waals surface area contributed by atoms with Gasteiger partial charge in [0.25, 0.3) is 0 Å². The molecule has 1 aromatic heterocycles. The highest BCUT2D eigenvalue weighted by Gasteiger charge is 2.20. The third-order valence-electron chi connectivity index (χ3n) is 4.29. The highest BCUT2D eigenvalue weighted by atomic mass is 32.2. The minimum absolute atomic E-state index is 0.0811. The van der Waals surface area contributed by atoms with Crippen LogP contribution in [0.3, 0.4) is 0 Å². The first-order chi connectivity index (χ1) is 13.1. The Kier molecular flexibility index (Phi) is 6.29. The van der Waals surface area contributed by atoms with Crippen molar-refractivity contribution in [3.05, 3.63) is 66.0 Å². The summed E-state index contributed by atoms with van der Waals surface area (Å²) in [5.74, 6) is 0.808. The molecule has 0 aliphatic carbocycles. The molecule has 0 saturated heterocycles. The lowest BCUT2D eigenvalue weighted by atomic mass is 10.0. The van der Waals surface area contributed by atoms with E-state index in [1.165, 1.54) is 17.3 Å². The Morgan fingerprint density at radius 1 is 1.19 bits per heavy atom. The minimum Gasteiger partial charge on any atom is -0.495 e. The fraction of sp³-hybridized carbons (Fsp3) is 0.286. The monoisotopic (exact) mass is 381 g/mol. The zero-order valence-electron chi connectivity index (χ0n) is 15.8. The molecule has 5 nitrogen and oxygen atoms in total. The maximum absolute atomic E-state index is 12.8. The number of hydrogen-bond acceptors (Lipinski definition) is 5. The van der Waals surface area contributed by atoms with E-state index in [4.69, 9.17) is 4.74 Å². The first-order valence-electron chi connectivity index (χ1n) is 8.97. The van der Waals surface area contributed by atoms with Crippen molar-refractivity contribution in [1.82, 2.24) is 14.8 Å². The average Bonchev–Trinajstić information content (AvgIpc) is 3.16. The van der Waals surface area contributed by atoms with Crippen LogP contribution in [0.2, 0.25) is 0 Å². The molecule has 140 valence electrons. The molecule has 0 bridgehead atoms. The number of ether oxygens (including phenoxy) is 1. The molecule has 27 heavy (non-hydrogen) atoms. The van der Waals surface area contributed by atoms with Gasteiger partial charge in [0.15, 0.2) is 10.9 Å². The molecule has 0 spiro atoms. The van der Waals surface area contributed by atoms with Crippen LogP contribution in [0.1, 0.15) is 36.2 Å². The Hall–Kier alpha value is -2.60. The van der Waals surface area contributed by atoms with E-state index in [2.05, 4.69) is 17.1 Å². The summed E-state index contributed by atoms with van der Waals surface area (Å²) < 4.78 is 7.27. The zero-order valence-corrected chi connectivity index (χ0v) is 16.6. The van der Waals surface area contributed by atoms with E-state index < -0.39 is 0 Å². The SMILES string of the molecule is CCCc1ccc(C(=O)[C@H](C)Sc2nncn2-c2ccccc2OC)cc1. The van der Waals surface area contributed by atoms with Gasteiger partial charge in [0.2, 0.25) is 0 Å². The first kappa shape index (κ1) is 19.2. The van der Waals surface area contributed by atoms with Crippen LogP contribution in [0.4, 0.5) is 0 Å². The summed E-state index contributed by atoms with van der Waals surface area (Å²) in [4.78, 5) is 12.8. The Labute approximate surface area is 163 Å². The van der Waals surface area contributed by atoms with Crippen molar-refractivity contribution < 1.29 is 9.53 Å². The molecule has 1 atom stereocenters. The second-order valence-electron chi connectivity index (χ2n) is 6.23. The topological polar surface area (TPSA) is 57.0 Å². The quantitative estimate of drug-likeness (QED) is 0.422. The number of aromatic nitrogens is 3. The van der Waals surface area contributed by atoms with Gasteiger partial charge in [-0.3, -0.25) is 9.36 Å². The summed E-state index contributed by atoms with van der Waals surface area (Å²) in [6, 6.07) is 15.6. The zero-order chi connectivity index (χ0) is 19.2. The van der Waals surface area contributed by atoms with Gasteiger partial charge in [-0.2, -0.15) is 0 Å². The van der Waals surface area contributed by atoms with Crippen LogP contribution in [-0.2, 0) is 6.42 Å². The van der Waals surface area contributed by atoms with Crippen molar-refractivity contribution in [1.29, 1.82) is 0 Å². The lowest BCUT2D eigenvalue weighted by Gasteiger charge is -2.13. The van der Waals surface area contributed by atoms with Crippen LogP contribution >= 0.6 is 11.8 Å². The van der Waals surface area contributed by atoms with E-state index in [-0.39, 0.29) is 11.0 Å². The molecular weight excluding hydrogens is 358 g/mol. The van der Waals surface area contributed by atoms with Crippen LogP contribution in [-0.4, -0.2) is 32.9 Å². The molecule has 0 amide bonds. The molecule has 6 heteroatoms. The number of nitrogens with zero attached hydrogens (tertiary/aromatic N) is 3. The highest BCUT2D eigenvalue weighted by molar-refractivity contribution is 8.00. The number of ketones is 1. The molecule has 1 heterocycles. The number of aryl methyl sites for hydroxylation is 1. The molecule has 2 aromatic carbocycles. The van der Waals surface area contributed by atoms with Gasteiger partial charge < -0.3 is 4.74 Å². The van der Waals surface area contributed by atoms with Gasteiger partial charge in [-0.1, -0.05) is 61.5 Å². The standard InChI is InChI=1S/C21H23N3O2S/c1-4-7-16-10-12-17(13-11-16)20(25)15(2)27-21-23-22-14-24(21)18-8-5-6-9-19(18)26-3/h5-6,8-15H,4,7H2,1-3H3/t15-/m0/s1. The summed E-state index contributed by atoms with van der Waals surface area (Å²) >= 11 is 1.39. The highest BCUT2D eigenvalue weighted by Crippen LogP contribution is 2.29. The lowest BCUT2D eigenvalue weighted by molar-refractivity contribution is 0.0994. The van der Waals surface area contributed by atoms with Gasteiger partial charge >= 0.3 is 0 Å². The van der Waals surface area contributed by atoms with E-state index in [0.29, 0.717) is 5.16 Å². The normalized spacial score (nSPS) is 12.0. The van der Waals surface area contributed by atoms with Crippen molar-refractivity contribution in [3.8, 4) is 11.4 Å². The molecule has 0 aliphatic heterocycles. The Morgan fingerprint density at radius 2 is 1.93 bits per heavy atom. The number of Topliss-reactive ketones (excluding diaryl/α,β-unsaturated/α-hetero) is 1. The molecule has 3 rings (SSSR count). The lowest BCUT2D eigenvalue weighted by Crippen LogP contribution is -2.14. The van der Waals surface area contributed by atoms with Crippen LogP contribution in [0.5, 0.6) is 5.75 Å². The average molecular weight is 382 g/mol. The molecular formula is C21H23N3O2S. The third-order valence-corrected chi connectivity index (χ3v) is 5.35. The molecule has 3 aromatic rings. The number of methoxy groups -OCH3 is 1. The van der Waals surface area contributed by atoms with Crippen molar-refractivity contribution in [2.75, 3.05) is 7.11 Å². The van der Waals surface area contributed by atoms with Crippen molar-refractivity contribution in [2.45, 2.75) is 37.1 Å². The van der Waals surface area contributed by atoms with Gasteiger partial charge in [-0.15, -0.1) is 10.2 Å². The Bertz CT molecular complexity index is 906. The number of hydrogen-bond donors (Lipinski definition) is 0. The van der Waals surface area contributed by atoms with Gasteiger partial charge in [0, 0.05) is 5.56 Å². The van der Waals surface area contributed by atoms with E-state index >= 15 is 0 Å². The largest absolute Gasteiger partial charge is 0.495 e. The van der Waals surface area contributed by atoms with Crippen LogP contribution in [0.15, 0.2) is 60.0 Å². The van der Waals surface area contributed by atoms with E-state index in [1.807, 2.05) is 60.0 Å². The predicted molar refractivity (Wildman–Crippen MR) is 108 cm³/mol. The second kappa shape index (κ2) is 8.86. The second-order valence-corrected chi connectivity index (χ2v) is 7.53. The predicted octanol–water partition coefficient (Wildman–Crippen LogP) is 4.59. The molecule has 0 radical (unpaired) electrons. The summed E-state index contributed by atoms with van der Waals surface area (Å²) in [6.45, 7) is 4.05. The third kappa shape index (κ3) is 4.39. The van der Waals surface area contributed by atoms with E-state index in [9.17, 15) is 4.79 Å². The maximum atomic E-state index is 12.8.